The van der Waals surface area contributed by atoms with E-state index in [2.05, 4.69) is 6.92 Å². The minimum atomic E-state index is -1.00. The van der Waals surface area contributed by atoms with E-state index >= 15 is 0 Å². The van der Waals surface area contributed by atoms with Crippen LogP contribution in [0.5, 0.6) is 0 Å². The van der Waals surface area contributed by atoms with Crippen molar-refractivity contribution < 1.29 is 29.6 Å². The van der Waals surface area contributed by atoms with Crippen LogP contribution >= 0.6 is 0 Å². The van der Waals surface area contributed by atoms with Gasteiger partial charge in [0.15, 0.2) is 6.10 Å². The second-order valence-corrected chi connectivity index (χ2v) is 5.51. The molecule has 0 heterocycles. The summed E-state index contributed by atoms with van der Waals surface area (Å²) in [4.78, 5) is 31.3. The number of hydrogen-bond acceptors (Lipinski definition) is 4. The summed E-state index contributed by atoms with van der Waals surface area (Å²) >= 11 is 0. The van der Waals surface area contributed by atoms with E-state index < -0.39 is 18.0 Å². The Morgan fingerprint density at radius 3 is 2.18 bits per heavy atom. The summed E-state index contributed by atoms with van der Waals surface area (Å²) in [5.74, 6) is -1.77. The molecule has 0 saturated carbocycles. The first-order valence-electron chi connectivity index (χ1n) is 8.30. The summed E-state index contributed by atoms with van der Waals surface area (Å²) in [5, 5.41) is 17.6. The van der Waals surface area contributed by atoms with Gasteiger partial charge in [0.2, 0.25) is 0 Å². The highest BCUT2D eigenvalue weighted by Crippen LogP contribution is 2.11. The van der Waals surface area contributed by atoms with Crippen LogP contribution in [0.2, 0.25) is 0 Å². The molecule has 0 aliphatic heterocycles. The number of aliphatic carboxylic acids is 2. The van der Waals surface area contributed by atoms with Gasteiger partial charge >= 0.3 is 11.9 Å². The van der Waals surface area contributed by atoms with Crippen molar-refractivity contribution in [1.29, 1.82) is 0 Å². The second kappa shape index (κ2) is 14.8. The van der Waals surface area contributed by atoms with Crippen LogP contribution in [0, 0.1) is 0 Å². The number of hydrogen-bond donors (Lipinski definition) is 2. The molecule has 0 aromatic carbocycles. The maximum Gasteiger partial charge on any atom is 0.336 e. The average molecular weight is 318 g/mol. The monoisotopic (exact) mass is 318 g/mol. The molecule has 1 atom stereocenters. The van der Waals surface area contributed by atoms with E-state index in [9.17, 15) is 9.59 Å². The lowest BCUT2D eigenvalue weighted by Crippen LogP contribution is -2.24. The lowest BCUT2D eigenvalue weighted by molar-refractivity contribution is -0.321. The minimum absolute atomic E-state index is 0.201. The Bertz CT molecular complexity index is 292. The molecular weight excluding hydrogens is 288 g/mol. The smallest absolute Gasteiger partial charge is 0.336 e. The molecule has 0 radical (unpaired) electrons. The van der Waals surface area contributed by atoms with Gasteiger partial charge in [0.1, 0.15) is 0 Å². The largest absolute Gasteiger partial charge is 0.481 e. The van der Waals surface area contributed by atoms with Crippen molar-refractivity contribution in [3.8, 4) is 0 Å². The molecule has 0 amide bonds. The average Bonchev–Trinajstić information content (AvgIpc) is 2.46. The summed E-state index contributed by atoms with van der Waals surface area (Å²) in [6.07, 6.45) is 8.01. The van der Waals surface area contributed by atoms with Gasteiger partial charge in [0.05, 0.1) is 6.61 Å². The number of carboxylic acids is 2. The molecule has 0 fully saturated rings. The van der Waals surface area contributed by atoms with Gasteiger partial charge in [-0.25, -0.2) is 14.6 Å². The van der Waals surface area contributed by atoms with Gasteiger partial charge in [0.25, 0.3) is 0 Å². The SMILES string of the molecule is CCCCCCOOC(CCCCCCCC(=O)O)C(=O)O. The predicted molar refractivity (Wildman–Crippen MR) is 82.6 cm³/mol. The number of rotatable bonds is 16. The molecule has 2 N–H and O–H groups in total. The topological polar surface area (TPSA) is 93.1 Å². The molecule has 0 spiro atoms. The van der Waals surface area contributed by atoms with Crippen molar-refractivity contribution in [2.75, 3.05) is 6.61 Å². The first-order chi connectivity index (χ1) is 10.6. The predicted octanol–water partition coefficient (Wildman–Crippen LogP) is 3.78. The minimum Gasteiger partial charge on any atom is -0.481 e. The molecule has 1 unspecified atom stereocenters. The summed E-state index contributed by atoms with van der Waals surface area (Å²) in [6, 6.07) is 0. The maximum atomic E-state index is 11.0. The van der Waals surface area contributed by atoms with Crippen LogP contribution in [0.1, 0.15) is 77.6 Å². The molecule has 0 saturated heterocycles. The van der Waals surface area contributed by atoms with E-state index in [0.29, 0.717) is 19.4 Å². The van der Waals surface area contributed by atoms with Crippen LogP contribution in [0.4, 0.5) is 0 Å². The molecule has 0 aliphatic rings. The third-order valence-electron chi connectivity index (χ3n) is 3.40. The molecule has 130 valence electrons. The Morgan fingerprint density at radius 1 is 0.909 bits per heavy atom. The normalized spacial score (nSPS) is 12.2. The maximum absolute atomic E-state index is 11.0. The number of carboxylic acid groups (broad SMARTS) is 2. The van der Waals surface area contributed by atoms with Crippen molar-refractivity contribution in [3.05, 3.63) is 0 Å². The molecule has 0 aromatic rings. The molecule has 0 aliphatic carbocycles. The van der Waals surface area contributed by atoms with Gasteiger partial charge in [0, 0.05) is 6.42 Å². The molecule has 22 heavy (non-hydrogen) atoms. The van der Waals surface area contributed by atoms with Gasteiger partial charge in [-0.05, 0) is 19.3 Å². The lowest BCUT2D eigenvalue weighted by Gasteiger charge is -2.12. The molecule has 0 bridgehead atoms. The molecule has 0 aromatic heterocycles. The Hall–Kier alpha value is -1.14. The van der Waals surface area contributed by atoms with Crippen LogP contribution < -0.4 is 0 Å². The van der Waals surface area contributed by atoms with Gasteiger partial charge in [-0.2, -0.15) is 0 Å². The highest BCUT2D eigenvalue weighted by molar-refractivity contribution is 5.72. The fourth-order valence-corrected chi connectivity index (χ4v) is 2.07. The van der Waals surface area contributed by atoms with E-state index in [4.69, 9.17) is 20.0 Å². The summed E-state index contributed by atoms with van der Waals surface area (Å²) in [5.41, 5.74) is 0. The second-order valence-electron chi connectivity index (χ2n) is 5.51. The molecule has 6 nitrogen and oxygen atoms in total. The zero-order chi connectivity index (χ0) is 16.6. The molecule has 0 rings (SSSR count). The quantitative estimate of drug-likeness (QED) is 0.255. The lowest BCUT2D eigenvalue weighted by atomic mass is 10.1. The first-order valence-corrected chi connectivity index (χ1v) is 8.30. The third kappa shape index (κ3) is 13.8. The van der Waals surface area contributed by atoms with Crippen LogP contribution in [-0.4, -0.2) is 34.9 Å². The van der Waals surface area contributed by atoms with Gasteiger partial charge < -0.3 is 10.2 Å². The van der Waals surface area contributed by atoms with Crippen LogP contribution in [0.3, 0.4) is 0 Å². The fraction of sp³-hybridized carbons (Fsp3) is 0.875. The third-order valence-corrected chi connectivity index (χ3v) is 3.40. The highest BCUT2D eigenvalue weighted by Gasteiger charge is 2.18. The Balaban J connectivity index is 3.56. The van der Waals surface area contributed by atoms with E-state index in [1.807, 2.05) is 0 Å². The zero-order valence-corrected chi connectivity index (χ0v) is 13.6. The Labute approximate surface area is 132 Å². The van der Waals surface area contributed by atoms with Crippen molar-refractivity contribution in [2.45, 2.75) is 83.7 Å². The van der Waals surface area contributed by atoms with E-state index in [0.717, 1.165) is 51.4 Å². The van der Waals surface area contributed by atoms with Crippen molar-refractivity contribution in [2.24, 2.45) is 0 Å². The Kier molecular flexibility index (Phi) is 14.0. The van der Waals surface area contributed by atoms with Gasteiger partial charge in [-0.1, -0.05) is 51.9 Å². The fourth-order valence-electron chi connectivity index (χ4n) is 2.07. The standard InChI is InChI=1S/C16H30O6/c1-2-3-4-10-13-21-22-14(16(19)20)11-8-6-5-7-9-12-15(17)18/h14H,2-13H2,1H3,(H,17,18)(H,19,20). The van der Waals surface area contributed by atoms with Crippen LogP contribution in [0.15, 0.2) is 0 Å². The molecular formula is C16H30O6. The van der Waals surface area contributed by atoms with Gasteiger partial charge in [-0.3, -0.25) is 4.79 Å². The van der Waals surface area contributed by atoms with Crippen molar-refractivity contribution in [3.63, 3.8) is 0 Å². The van der Waals surface area contributed by atoms with Crippen molar-refractivity contribution >= 4 is 11.9 Å². The summed E-state index contributed by atoms with van der Waals surface area (Å²) < 4.78 is 0. The van der Waals surface area contributed by atoms with Crippen LogP contribution in [0.25, 0.3) is 0 Å². The zero-order valence-electron chi connectivity index (χ0n) is 13.6. The summed E-state index contributed by atoms with van der Waals surface area (Å²) in [6.45, 7) is 2.55. The van der Waals surface area contributed by atoms with Gasteiger partial charge in [-0.15, -0.1) is 0 Å². The van der Waals surface area contributed by atoms with E-state index in [1.165, 1.54) is 0 Å². The number of unbranched alkanes of at least 4 members (excludes halogenated alkanes) is 7. The highest BCUT2D eigenvalue weighted by atomic mass is 17.2. The molecule has 6 heteroatoms. The number of carbonyl (C=O) groups is 2. The van der Waals surface area contributed by atoms with E-state index in [-0.39, 0.29) is 6.42 Å². The van der Waals surface area contributed by atoms with E-state index in [1.54, 1.807) is 0 Å². The first kappa shape index (κ1) is 20.9. The summed E-state index contributed by atoms with van der Waals surface area (Å²) in [7, 11) is 0. The van der Waals surface area contributed by atoms with Crippen LogP contribution in [-0.2, 0) is 19.4 Å². The van der Waals surface area contributed by atoms with Crippen molar-refractivity contribution in [1.82, 2.24) is 0 Å². The Morgan fingerprint density at radius 2 is 1.55 bits per heavy atom.